The number of hydrogen-bond donors (Lipinski definition) is 2. The van der Waals surface area contributed by atoms with Crippen molar-refractivity contribution < 1.29 is 0 Å². The topological polar surface area (TPSA) is 81.8 Å². The highest BCUT2D eigenvalue weighted by molar-refractivity contribution is 6.14. The molecule has 258 valence electrons. The van der Waals surface area contributed by atoms with Crippen LogP contribution < -0.4 is 10.6 Å². The van der Waals surface area contributed by atoms with Gasteiger partial charge >= 0.3 is 0 Å². The number of benzene rings is 7. The lowest BCUT2D eigenvalue weighted by atomic mass is 9.99. The van der Waals surface area contributed by atoms with Crippen LogP contribution in [0.25, 0.3) is 50.9 Å². The van der Waals surface area contributed by atoms with Crippen LogP contribution in [0.3, 0.4) is 0 Å². The van der Waals surface area contributed by atoms with E-state index in [0.717, 1.165) is 66.7 Å². The zero-order chi connectivity index (χ0) is 37.0. The summed E-state index contributed by atoms with van der Waals surface area (Å²) in [5.74, 6) is 0.513. The smallest absolute Gasteiger partial charge is 0.110 e. The van der Waals surface area contributed by atoms with Gasteiger partial charge in [-0.15, -0.1) is 0 Å². The minimum absolute atomic E-state index is 0.375. The number of rotatable bonds is 5. The zero-order valence-corrected chi connectivity index (χ0v) is 29.8. The molecule has 0 atom stereocenters. The summed E-state index contributed by atoms with van der Waals surface area (Å²) in [4.78, 5) is 2.34. The number of nitrogens with zero attached hydrogens (tertiary/aromatic N) is 3. The predicted molar refractivity (Wildman–Crippen MR) is 226 cm³/mol. The molecule has 2 heterocycles. The van der Waals surface area contributed by atoms with E-state index in [1.54, 1.807) is 6.08 Å². The van der Waals surface area contributed by atoms with Crippen molar-refractivity contribution in [2.24, 2.45) is 5.73 Å². The molecule has 8 aromatic rings. The van der Waals surface area contributed by atoms with Crippen molar-refractivity contribution in [3.05, 3.63) is 204 Å². The monoisotopic (exact) mass is 695 g/mol. The summed E-state index contributed by atoms with van der Waals surface area (Å²) in [5, 5.41) is 19.3. The van der Waals surface area contributed by atoms with E-state index >= 15 is 0 Å². The van der Waals surface area contributed by atoms with E-state index in [0.29, 0.717) is 11.5 Å². The number of aromatic nitrogens is 1. The van der Waals surface area contributed by atoms with Gasteiger partial charge in [0.25, 0.3) is 0 Å². The number of nitrogens with two attached hydrogens (primary N) is 1. The van der Waals surface area contributed by atoms with Crippen molar-refractivity contribution in [2.75, 3.05) is 4.90 Å². The lowest BCUT2D eigenvalue weighted by Gasteiger charge is -2.27. The molecule has 1 aromatic heterocycles. The maximum atomic E-state index is 8.65. The van der Waals surface area contributed by atoms with Gasteiger partial charge in [0.1, 0.15) is 5.82 Å². The van der Waals surface area contributed by atoms with Gasteiger partial charge in [0.2, 0.25) is 0 Å². The van der Waals surface area contributed by atoms with Crippen LogP contribution in [-0.4, -0.2) is 10.3 Å². The Morgan fingerprint density at radius 2 is 1.22 bits per heavy atom. The second-order valence-electron chi connectivity index (χ2n) is 13.2. The highest BCUT2D eigenvalue weighted by atomic mass is 15.1. The number of nitriles is 1. The number of fused-ring (bicyclic) bond motifs is 5. The van der Waals surface area contributed by atoms with E-state index in [1.807, 2.05) is 67.6 Å². The maximum Gasteiger partial charge on any atom is 0.110 e. The highest BCUT2D eigenvalue weighted by Gasteiger charge is 2.20. The molecule has 0 bridgehead atoms. The molecule has 5 nitrogen and oxygen atoms in total. The fourth-order valence-corrected chi connectivity index (χ4v) is 7.04. The molecular weight excluding hydrogens is 659 g/mol. The summed E-state index contributed by atoms with van der Waals surface area (Å²) in [5.41, 5.74) is 19.9. The Morgan fingerprint density at radius 3 is 2.00 bits per heavy atom. The van der Waals surface area contributed by atoms with Gasteiger partial charge in [-0.25, -0.2) is 0 Å². The summed E-state index contributed by atoms with van der Waals surface area (Å²) >= 11 is 0. The van der Waals surface area contributed by atoms with E-state index in [-0.39, 0.29) is 0 Å². The minimum atomic E-state index is 0.375. The summed E-state index contributed by atoms with van der Waals surface area (Å²) < 4.78 is 2.06. The molecule has 0 unspecified atom stereocenters. The van der Waals surface area contributed by atoms with Crippen molar-refractivity contribution in [1.82, 2.24) is 4.57 Å². The molecule has 0 saturated heterocycles. The van der Waals surface area contributed by atoms with Crippen LogP contribution in [0.15, 0.2) is 176 Å². The van der Waals surface area contributed by atoms with Crippen LogP contribution >= 0.6 is 0 Å². The molecule has 0 radical (unpaired) electrons. The first-order valence-electron chi connectivity index (χ1n) is 17.9. The number of hydrogen-bond acceptors (Lipinski definition) is 4. The largest absolute Gasteiger partial charge is 0.385 e. The van der Waals surface area contributed by atoms with Crippen molar-refractivity contribution >= 4 is 62.6 Å². The first kappa shape index (κ1) is 33.7. The quantitative estimate of drug-likeness (QED) is 0.176. The molecule has 0 aliphatic carbocycles. The molecule has 0 amide bonds. The maximum absolute atomic E-state index is 8.65. The number of para-hydroxylation sites is 3. The zero-order valence-electron chi connectivity index (χ0n) is 29.8. The molecule has 54 heavy (non-hydrogen) atoms. The number of nitrogens with one attached hydrogen (secondary N) is 1. The Balaban J connectivity index is 0.000000405. The van der Waals surface area contributed by atoms with E-state index in [1.165, 1.54) is 11.1 Å². The van der Waals surface area contributed by atoms with Crippen LogP contribution in [0.5, 0.6) is 0 Å². The van der Waals surface area contributed by atoms with Crippen molar-refractivity contribution in [2.45, 2.75) is 6.92 Å². The highest BCUT2D eigenvalue weighted by Crippen LogP contribution is 2.43. The lowest BCUT2D eigenvalue weighted by Crippen LogP contribution is -2.11. The van der Waals surface area contributed by atoms with Crippen LogP contribution in [0.4, 0.5) is 17.1 Å². The molecule has 1 aliphatic rings. The molecule has 0 spiro atoms. The summed E-state index contributed by atoms with van der Waals surface area (Å²) in [6.07, 6.45) is 6.17. The lowest BCUT2D eigenvalue weighted by molar-refractivity contribution is 1.18. The van der Waals surface area contributed by atoms with Crippen LogP contribution in [0.2, 0.25) is 0 Å². The van der Waals surface area contributed by atoms with Crippen LogP contribution in [0.1, 0.15) is 27.8 Å². The Bertz CT molecular complexity index is 2750. The van der Waals surface area contributed by atoms with Crippen molar-refractivity contribution in [1.29, 1.82) is 10.7 Å². The van der Waals surface area contributed by atoms with Gasteiger partial charge in [-0.2, -0.15) is 5.26 Å². The standard InChI is InChI=1S/C41H30N4.C8H7N/c42-36(28-11-3-1-4-12-28)27-41(43)45-39-18-10-8-16-34(39)35-26-31(22-24-40(35)45)30-21-23-38-32(25-30)20-19-29-13-7-9-17-37(29)44(38)33-14-5-2-6-15-33;1-7-2-4-8(6-9)5-3-7/h1-27,42H,43H2;2-5H,1H3/b41-27+,42-36?;. The Kier molecular flexibility index (Phi) is 9.16. The molecular formula is C49H37N5. The van der Waals surface area contributed by atoms with Crippen LogP contribution in [-0.2, 0) is 0 Å². The molecule has 5 heteroatoms. The average molecular weight is 696 g/mol. The van der Waals surface area contributed by atoms with Crippen LogP contribution in [0, 0.1) is 23.7 Å². The third-order valence-corrected chi connectivity index (χ3v) is 9.72. The fraction of sp³-hybridized carbons (Fsp3) is 0.0204. The Morgan fingerprint density at radius 1 is 0.611 bits per heavy atom. The average Bonchev–Trinajstić information content (AvgIpc) is 3.46. The molecule has 1 aliphatic heterocycles. The third-order valence-electron chi connectivity index (χ3n) is 9.72. The first-order valence-corrected chi connectivity index (χ1v) is 17.9. The SMILES string of the molecule is Cc1ccc(C#N)cc1.N=C(/C=C(\N)n1c2ccccc2c2cc(-c3ccc4c(c3)C=Cc3ccccc3N4c3ccccc3)ccc21)c1ccccc1. The van der Waals surface area contributed by atoms with E-state index < -0.39 is 0 Å². The second kappa shape index (κ2) is 14.7. The van der Waals surface area contributed by atoms with Gasteiger partial charge in [0, 0.05) is 22.5 Å². The van der Waals surface area contributed by atoms with Crippen molar-refractivity contribution in [3.63, 3.8) is 0 Å². The molecule has 0 fully saturated rings. The number of aryl methyl sites for hydroxylation is 1. The predicted octanol–water partition coefficient (Wildman–Crippen LogP) is 12.1. The first-order chi connectivity index (χ1) is 26.5. The minimum Gasteiger partial charge on any atom is -0.385 e. The third kappa shape index (κ3) is 6.56. The van der Waals surface area contributed by atoms with Gasteiger partial charge in [0.15, 0.2) is 0 Å². The van der Waals surface area contributed by atoms with E-state index in [4.69, 9.17) is 16.4 Å². The van der Waals surface area contributed by atoms with Gasteiger partial charge in [-0.05, 0) is 95.4 Å². The Labute approximate surface area is 315 Å². The van der Waals surface area contributed by atoms with Gasteiger partial charge in [-0.3, -0.25) is 4.57 Å². The summed E-state index contributed by atoms with van der Waals surface area (Å²) in [7, 11) is 0. The van der Waals surface area contributed by atoms with Gasteiger partial charge in [-0.1, -0.05) is 127 Å². The Hall–Kier alpha value is -7.42. The summed E-state index contributed by atoms with van der Waals surface area (Å²) in [6, 6.07) is 59.9. The van der Waals surface area contributed by atoms with Gasteiger partial charge in [0.05, 0.1) is 39.8 Å². The number of allylic oxidation sites excluding steroid dienone is 1. The van der Waals surface area contributed by atoms with Crippen molar-refractivity contribution in [3.8, 4) is 17.2 Å². The van der Waals surface area contributed by atoms with E-state index in [9.17, 15) is 0 Å². The summed E-state index contributed by atoms with van der Waals surface area (Å²) in [6.45, 7) is 2.00. The van der Waals surface area contributed by atoms with Gasteiger partial charge < -0.3 is 16.0 Å². The normalized spacial score (nSPS) is 11.9. The second-order valence-corrected chi connectivity index (χ2v) is 13.2. The fourth-order valence-electron chi connectivity index (χ4n) is 7.04. The molecule has 0 saturated carbocycles. The molecule has 9 rings (SSSR count). The van der Waals surface area contributed by atoms with E-state index in [2.05, 4.69) is 137 Å². The molecule has 7 aromatic carbocycles. The molecule has 3 N–H and O–H groups in total. The number of anilines is 3.